The number of hydrogen-bond acceptors (Lipinski definition) is 4. The van der Waals surface area contributed by atoms with Gasteiger partial charge in [0.05, 0.1) is 12.2 Å². The maximum atomic E-state index is 11.3. The van der Waals surface area contributed by atoms with Crippen molar-refractivity contribution in [2.75, 3.05) is 6.61 Å². The highest BCUT2D eigenvalue weighted by molar-refractivity contribution is 5.81. The number of nitrogens with two attached hydrogens (primary N) is 1. The largest absolute Gasteiger partial charge is 0.493 e. The first-order valence-corrected chi connectivity index (χ1v) is 6.55. The molecular formula is C15H23NO4. The highest BCUT2D eigenvalue weighted by Gasteiger charge is 2.34. The number of carboxylic acid groups (broad SMARTS) is 1. The Morgan fingerprint density at radius 2 is 1.80 bits per heavy atom. The van der Waals surface area contributed by atoms with E-state index in [1.807, 2.05) is 6.92 Å². The van der Waals surface area contributed by atoms with Crippen molar-refractivity contribution in [3.05, 3.63) is 28.8 Å². The molecular weight excluding hydrogens is 258 g/mol. The third kappa shape index (κ3) is 2.94. The molecule has 4 N–H and O–H groups in total. The first kappa shape index (κ1) is 16.5. The Bertz CT molecular complexity index is 515. The lowest BCUT2D eigenvalue weighted by Crippen LogP contribution is -2.42. The van der Waals surface area contributed by atoms with Crippen LogP contribution < -0.4 is 10.5 Å². The van der Waals surface area contributed by atoms with Gasteiger partial charge in [-0.1, -0.05) is 12.1 Å². The van der Waals surface area contributed by atoms with E-state index in [4.69, 9.17) is 10.5 Å². The fourth-order valence-corrected chi connectivity index (χ4v) is 2.18. The number of aliphatic carboxylic acids is 1. The summed E-state index contributed by atoms with van der Waals surface area (Å²) in [7, 11) is 0. The van der Waals surface area contributed by atoms with Gasteiger partial charge in [0.25, 0.3) is 0 Å². The van der Waals surface area contributed by atoms with Gasteiger partial charge in [-0.3, -0.25) is 0 Å². The molecule has 1 aromatic carbocycles. The molecule has 0 radical (unpaired) electrons. The normalized spacial score (nSPS) is 14.8. The topological polar surface area (TPSA) is 92.8 Å². The van der Waals surface area contributed by atoms with E-state index in [0.29, 0.717) is 29.0 Å². The molecule has 0 spiro atoms. The van der Waals surface area contributed by atoms with Gasteiger partial charge in [0.15, 0.2) is 0 Å². The highest BCUT2D eigenvalue weighted by atomic mass is 16.5. The van der Waals surface area contributed by atoms with Crippen LogP contribution in [0.5, 0.6) is 5.75 Å². The van der Waals surface area contributed by atoms with E-state index in [2.05, 4.69) is 0 Å². The van der Waals surface area contributed by atoms with Gasteiger partial charge >= 0.3 is 5.97 Å². The predicted octanol–water partition coefficient (Wildman–Crippen LogP) is 1.88. The second-order valence-corrected chi connectivity index (χ2v) is 5.61. The van der Waals surface area contributed by atoms with Crippen LogP contribution in [0.4, 0.5) is 0 Å². The molecule has 0 amide bonds. The standard InChI is InChI=1S/C15H23NO4/c1-6-20-12-9(2)10(15(5,16)13(17)18)7-8-11(12)14(3,4)19/h7-8,19H,6,16H2,1-5H3,(H,17,18). The second kappa shape index (κ2) is 5.42. The minimum Gasteiger partial charge on any atom is -0.493 e. The molecule has 0 aliphatic rings. The Hall–Kier alpha value is -1.59. The van der Waals surface area contributed by atoms with Crippen molar-refractivity contribution >= 4 is 5.97 Å². The van der Waals surface area contributed by atoms with Crippen LogP contribution in [-0.2, 0) is 15.9 Å². The third-order valence-electron chi connectivity index (χ3n) is 3.36. The molecule has 1 aromatic rings. The summed E-state index contributed by atoms with van der Waals surface area (Å²) in [6, 6.07) is 3.31. The van der Waals surface area contributed by atoms with E-state index < -0.39 is 17.1 Å². The summed E-state index contributed by atoms with van der Waals surface area (Å²) in [5.74, 6) is -0.616. The van der Waals surface area contributed by atoms with Crippen LogP contribution in [-0.4, -0.2) is 22.8 Å². The molecule has 0 bridgehead atoms. The summed E-state index contributed by atoms with van der Waals surface area (Å²) < 4.78 is 5.60. The zero-order chi connectivity index (χ0) is 15.7. The first-order chi connectivity index (χ1) is 9.03. The maximum Gasteiger partial charge on any atom is 0.328 e. The molecule has 0 aliphatic heterocycles. The number of aliphatic hydroxyl groups is 1. The Labute approximate surface area is 119 Å². The minimum atomic E-state index is -1.51. The van der Waals surface area contributed by atoms with Crippen molar-refractivity contribution in [3.63, 3.8) is 0 Å². The zero-order valence-electron chi connectivity index (χ0n) is 12.7. The van der Waals surface area contributed by atoms with Crippen LogP contribution in [0.25, 0.3) is 0 Å². The van der Waals surface area contributed by atoms with Gasteiger partial charge in [0.2, 0.25) is 0 Å². The van der Waals surface area contributed by atoms with Gasteiger partial charge in [-0.2, -0.15) is 0 Å². The molecule has 5 heteroatoms. The zero-order valence-corrected chi connectivity index (χ0v) is 12.7. The molecule has 0 saturated carbocycles. The molecule has 1 atom stereocenters. The molecule has 0 heterocycles. The van der Waals surface area contributed by atoms with Crippen LogP contribution in [0.2, 0.25) is 0 Å². The van der Waals surface area contributed by atoms with Gasteiger partial charge in [-0.15, -0.1) is 0 Å². The minimum absolute atomic E-state index is 0.418. The van der Waals surface area contributed by atoms with Gasteiger partial charge in [-0.25, -0.2) is 4.79 Å². The lowest BCUT2D eigenvalue weighted by molar-refractivity contribution is -0.143. The van der Waals surface area contributed by atoms with E-state index in [-0.39, 0.29) is 0 Å². The lowest BCUT2D eigenvalue weighted by atomic mass is 9.85. The summed E-state index contributed by atoms with van der Waals surface area (Å²) in [6.07, 6.45) is 0. The quantitative estimate of drug-likeness (QED) is 0.766. The number of ether oxygens (including phenoxy) is 1. The summed E-state index contributed by atoms with van der Waals surface area (Å²) in [5.41, 5.74) is 5.03. The number of carboxylic acids is 1. The van der Waals surface area contributed by atoms with Crippen molar-refractivity contribution in [2.24, 2.45) is 5.73 Å². The molecule has 0 aromatic heterocycles. The van der Waals surface area contributed by atoms with Crippen LogP contribution in [0.1, 0.15) is 44.4 Å². The van der Waals surface area contributed by atoms with Gasteiger partial charge in [0.1, 0.15) is 11.3 Å². The average molecular weight is 281 g/mol. The molecule has 0 fully saturated rings. The number of carbonyl (C=O) groups is 1. The van der Waals surface area contributed by atoms with E-state index >= 15 is 0 Å². The van der Waals surface area contributed by atoms with Gasteiger partial charge in [-0.05, 0) is 45.7 Å². The van der Waals surface area contributed by atoms with Crippen molar-refractivity contribution in [2.45, 2.75) is 45.8 Å². The predicted molar refractivity (Wildman–Crippen MR) is 76.8 cm³/mol. The Morgan fingerprint density at radius 1 is 1.30 bits per heavy atom. The average Bonchev–Trinajstić information content (AvgIpc) is 2.29. The van der Waals surface area contributed by atoms with E-state index in [9.17, 15) is 15.0 Å². The van der Waals surface area contributed by atoms with Crippen molar-refractivity contribution in [3.8, 4) is 5.75 Å². The second-order valence-electron chi connectivity index (χ2n) is 5.61. The summed E-state index contributed by atoms with van der Waals surface area (Å²) >= 11 is 0. The lowest BCUT2D eigenvalue weighted by Gasteiger charge is -2.28. The van der Waals surface area contributed by atoms with Gasteiger partial charge < -0.3 is 20.7 Å². The molecule has 5 nitrogen and oxygen atoms in total. The number of rotatable bonds is 5. The van der Waals surface area contributed by atoms with E-state index in [0.717, 1.165) is 0 Å². The number of hydrogen-bond donors (Lipinski definition) is 3. The van der Waals surface area contributed by atoms with Gasteiger partial charge in [0, 0.05) is 5.56 Å². The summed E-state index contributed by atoms with van der Waals surface area (Å²) in [6.45, 7) is 8.76. The molecule has 20 heavy (non-hydrogen) atoms. The van der Waals surface area contributed by atoms with Crippen molar-refractivity contribution < 1.29 is 19.7 Å². The fourth-order valence-electron chi connectivity index (χ4n) is 2.18. The summed E-state index contributed by atoms with van der Waals surface area (Å²) in [5, 5.41) is 19.5. The molecule has 112 valence electrons. The van der Waals surface area contributed by atoms with E-state index in [1.165, 1.54) is 6.92 Å². The SMILES string of the molecule is CCOc1c(C(C)(C)O)ccc(C(C)(N)C(=O)O)c1C. The highest BCUT2D eigenvalue weighted by Crippen LogP contribution is 2.37. The monoisotopic (exact) mass is 281 g/mol. The van der Waals surface area contributed by atoms with Crippen LogP contribution in [0, 0.1) is 6.92 Å². The van der Waals surface area contributed by atoms with Crippen molar-refractivity contribution in [1.82, 2.24) is 0 Å². The molecule has 1 unspecified atom stereocenters. The van der Waals surface area contributed by atoms with Crippen LogP contribution in [0.3, 0.4) is 0 Å². The molecule has 0 aliphatic carbocycles. The molecule has 0 saturated heterocycles. The Morgan fingerprint density at radius 3 is 2.20 bits per heavy atom. The Kier molecular flexibility index (Phi) is 4.46. The van der Waals surface area contributed by atoms with Crippen LogP contribution >= 0.6 is 0 Å². The van der Waals surface area contributed by atoms with Crippen LogP contribution in [0.15, 0.2) is 12.1 Å². The first-order valence-electron chi connectivity index (χ1n) is 6.55. The fraction of sp³-hybridized carbons (Fsp3) is 0.533. The maximum absolute atomic E-state index is 11.3. The summed E-state index contributed by atoms with van der Waals surface area (Å²) in [4.78, 5) is 11.3. The smallest absolute Gasteiger partial charge is 0.328 e. The van der Waals surface area contributed by atoms with Crippen molar-refractivity contribution in [1.29, 1.82) is 0 Å². The molecule has 1 rings (SSSR count). The Balaban J connectivity index is 3.55. The number of benzene rings is 1. The third-order valence-corrected chi connectivity index (χ3v) is 3.36. The van der Waals surface area contributed by atoms with E-state index in [1.54, 1.807) is 32.9 Å².